The molecule has 0 aromatic carbocycles. The molecule has 2 amide bonds. The van der Waals surface area contributed by atoms with Crippen LogP contribution in [-0.2, 0) is 20.9 Å². The van der Waals surface area contributed by atoms with Crippen LogP contribution in [0.2, 0.25) is 0 Å². The third kappa shape index (κ3) is 4.26. The maximum Gasteiger partial charge on any atom is 0.224 e. The Labute approximate surface area is 155 Å². The molecule has 26 heavy (non-hydrogen) atoms. The Hall–Kier alpha value is -1.89. The monoisotopic (exact) mass is 362 g/mol. The van der Waals surface area contributed by atoms with Gasteiger partial charge >= 0.3 is 0 Å². The molecule has 0 atom stereocenters. The van der Waals surface area contributed by atoms with E-state index in [0.717, 1.165) is 44.6 Å². The van der Waals surface area contributed by atoms with Gasteiger partial charge in [-0.25, -0.2) is 0 Å². The standard InChI is InChI=1S/C19H30N4O3/c1-16-4-9-20-23(16)10-5-18(25)21-11-7-19(8-12-21)6-3-17(24)22(15-19)13-14-26-2/h4,9H,3,5-8,10-15H2,1-2H3. The summed E-state index contributed by atoms with van der Waals surface area (Å²) in [5, 5.41) is 4.24. The molecule has 0 bridgehead atoms. The number of amides is 2. The molecule has 2 fully saturated rings. The number of piperidine rings is 2. The second-order valence-corrected chi connectivity index (χ2v) is 7.63. The van der Waals surface area contributed by atoms with Crippen LogP contribution in [0.3, 0.4) is 0 Å². The average Bonchev–Trinajstić information content (AvgIpc) is 3.06. The van der Waals surface area contributed by atoms with Crippen molar-refractivity contribution >= 4 is 11.8 Å². The summed E-state index contributed by atoms with van der Waals surface area (Å²) in [7, 11) is 1.67. The fraction of sp³-hybridized carbons (Fsp3) is 0.737. The zero-order valence-corrected chi connectivity index (χ0v) is 15.9. The Balaban J connectivity index is 1.49. The first-order valence-electron chi connectivity index (χ1n) is 9.56. The lowest BCUT2D eigenvalue weighted by molar-refractivity contribution is -0.143. The highest BCUT2D eigenvalue weighted by atomic mass is 16.5. The van der Waals surface area contributed by atoms with Gasteiger partial charge in [-0.15, -0.1) is 0 Å². The number of ether oxygens (including phenoxy) is 1. The second-order valence-electron chi connectivity index (χ2n) is 7.63. The van der Waals surface area contributed by atoms with Crippen molar-refractivity contribution in [1.82, 2.24) is 19.6 Å². The first-order valence-corrected chi connectivity index (χ1v) is 9.56. The molecular formula is C19H30N4O3. The fourth-order valence-electron chi connectivity index (χ4n) is 4.14. The van der Waals surface area contributed by atoms with Crippen molar-refractivity contribution in [2.75, 3.05) is 39.9 Å². The van der Waals surface area contributed by atoms with E-state index in [2.05, 4.69) is 5.10 Å². The van der Waals surface area contributed by atoms with Gasteiger partial charge in [0.1, 0.15) is 0 Å². The lowest BCUT2D eigenvalue weighted by Gasteiger charge is -2.47. The molecule has 2 aliphatic rings. The highest BCUT2D eigenvalue weighted by Gasteiger charge is 2.41. The number of rotatable bonds is 6. The first-order chi connectivity index (χ1) is 12.5. The van der Waals surface area contributed by atoms with Crippen molar-refractivity contribution in [2.24, 2.45) is 5.41 Å². The van der Waals surface area contributed by atoms with Crippen molar-refractivity contribution < 1.29 is 14.3 Å². The topological polar surface area (TPSA) is 67.7 Å². The van der Waals surface area contributed by atoms with E-state index >= 15 is 0 Å². The van der Waals surface area contributed by atoms with Gasteiger partial charge in [-0.05, 0) is 37.7 Å². The molecule has 7 nitrogen and oxygen atoms in total. The van der Waals surface area contributed by atoms with Gasteiger partial charge in [0.05, 0.1) is 6.61 Å². The molecule has 3 rings (SSSR count). The van der Waals surface area contributed by atoms with Crippen LogP contribution in [0.15, 0.2) is 12.3 Å². The maximum absolute atomic E-state index is 12.5. The van der Waals surface area contributed by atoms with Crippen molar-refractivity contribution in [2.45, 2.75) is 45.6 Å². The number of methoxy groups -OCH3 is 1. The van der Waals surface area contributed by atoms with Crippen LogP contribution in [0.5, 0.6) is 0 Å². The van der Waals surface area contributed by atoms with Crippen molar-refractivity contribution in [3.8, 4) is 0 Å². The minimum Gasteiger partial charge on any atom is -0.383 e. The van der Waals surface area contributed by atoms with Crippen molar-refractivity contribution in [1.29, 1.82) is 0 Å². The smallest absolute Gasteiger partial charge is 0.224 e. The number of likely N-dealkylation sites (tertiary alicyclic amines) is 2. The summed E-state index contributed by atoms with van der Waals surface area (Å²) in [4.78, 5) is 28.6. The van der Waals surface area contributed by atoms with E-state index in [1.54, 1.807) is 13.3 Å². The number of hydrogen-bond acceptors (Lipinski definition) is 4. The van der Waals surface area contributed by atoms with Crippen molar-refractivity contribution in [3.05, 3.63) is 18.0 Å². The normalized spacial score (nSPS) is 20.0. The molecular weight excluding hydrogens is 332 g/mol. The Morgan fingerprint density at radius 1 is 1.27 bits per heavy atom. The lowest BCUT2D eigenvalue weighted by Crippen LogP contribution is -2.53. The molecule has 1 aromatic rings. The van der Waals surface area contributed by atoms with Gasteiger partial charge in [-0.2, -0.15) is 5.10 Å². The number of nitrogens with zero attached hydrogens (tertiary/aromatic N) is 4. The minimum atomic E-state index is 0.178. The Morgan fingerprint density at radius 2 is 2.04 bits per heavy atom. The summed E-state index contributed by atoms with van der Waals surface area (Å²) in [5.41, 5.74) is 1.26. The lowest BCUT2D eigenvalue weighted by atomic mass is 9.72. The molecule has 2 aliphatic heterocycles. The van der Waals surface area contributed by atoms with Crippen LogP contribution >= 0.6 is 0 Å². The van der Waals surface area contributed by atoms with Gasteiger partial charge < -0.3 is 14.5 Å². The molecule has 0 radical (unpaired) electrons. The molecule has 2 saturated heterocycles. The summed E-state index contributed by atoms with van der Waals surface area (Å²) in [6, 6.07) is 1.95. The molecule has 0 N–H and O–H groups in total. The second kappa shape index (κ2) is 8.20. The number of hydrogen-bond donors (Lipinski definition) is 0. The SMILES string of the molecule is COCCN1CC2(CCC1=O)CCN(C(=O)CCn1nccc1C)CC2. The summed E-state index contributed by atoms with van der Waals surface area (Å²) in [6.07, 6.45) is 5.80. The summed E-state index contributed by atoms with van der Waals surface area (Å²) < 4.78 is 7.01. The van der Waals surface area contributed by atoms with E-state index in [1.807, 2.05) is 27.5 Å². The molecule has 0 unspecified atom stereocenters. The molecule has 0 saturated carbocycles. The highest BCUT2D eigenvalue weighted by molar-refractivity contribution is 5.77. The van der Waals surface area contributed by atoms with Crippen LogP contribution in [0.4, 0.5) is 0 Å². The van der Waals surface area contributed by atoms with Crippen molar-refractivity contribution in [3.63, 3.8) is 0 Å². The van der Waals surface area contributed by atoms with E-state index in [-0.39, 0.29) is 17.2 Å². The van der Waals surface area contributed by atoms with E-state index in [9.17, 15) is 9.59 Å². The van der Waals surface area contributed by atoms with E-state index in [0.29, 0.717) is 32.5 Å². The number of aromatic nitrogens is 2. The predicted octanol–water partition coefficient (Wildman–Crippen LogP) is 1.46. The Morgan fingerprint density at radius 3 is 2.69 bits per heavy atom. The summed E-state index contributed by atoms with van der Waals surface area (Å²) >= 11 is 0. The van der Waals surface area contributed by atoms with Crippen LogP contribution in [0.25, 0.3) is 0 Å². The summed E-state index contributed by atoms with van der Waals surface area (Å²) in [6.45, 7) is 6.29. The average molecular weight is 362 g/mol. The molecule has 0 aliphatic carbocycles. The third-order valence-electron chi connectivity index (χ3n) is 5.96. The molecule has 144 valence electrons. The van der Waals surface area contributed by atoms with Gasteiger partial charge in [0.2, 0.25) is 11.8 Å². The molecule has 1 spiro atoms. The van der Waals surface area contributed by atoms with Gasteiger partial charge in [0, 0.05) is 64.6 Å². The van der Waals surface area contributed by atoms with Crippen LogP contribution in [0.1, 0.15) is 37.8 Å². The van der Waals surface area contributed by atoms with Gasteiger partial charge in [0.15, 0.2) is 0 Å². The molecule has 1 aromatic heterocycles. The van der Waals surface area contributed by atoms with Crippen LogP contribution in [-0.4, -0.2) is 71.3 Å². The van der Waals surface area contributed by atoms with E-state index in [1.165, 1.54) is 0 Å². The van der Waals surface area contributed by atoms with E-state index < -0.39 is 0 Å². The minimum absolute atomic E-state index is 0.178. The molecule has 7 heteroatoms. The Bertz CT molecular complexity index is 634. The van der Waals surface area contributed by atoms with Gasteiger partial charge in [-0.3, -0.25) is 14.3 Å². The number of aryl methyl sites for hydroxylation is 2. The zero-order valence-electron chi connectivity index (χ0n) is 15.9. The molecule has 3 heterocycles. The van der Waals surface area contributed by atoms with Crippen LogP contribution in [0, 0.1) is 12.3 Å². The summed E-state index contributed by atoms with van der Waals surface area (Å²) in [5.74, 6) is 0.443. The highest BCUT2D eigenvalue weighted by Crippen LogP contribution is 2.40. The quantitative estimate of drug-likeness (QED) is 0.768. The van der Waals surface area contributed by atoms with Gasteiger partial charge in [-0.1, -0.05) is 0 Å². The number of carbonyl (C=O) groups is 2. The zero-order chi connectivity index (χ0) is 18.6. The van der Waals surface area contributed by atoms with Crippen LogP contribution < -0.4 is 0 Å². The Kier molecular flexibility index (Phi) is 5.96. The first kappa shape index (κ1) is 18.9. The number of carbonyl (C=O) groups excluding carboxylic acids is 2. The predicted molar refractivity (Wildman–Crippen MR) is 97.5 cm³/mol. The van der Waals surface area contributed by atoms with Gasteiger partial charge in [0.25, 0.3) is 0 Å². The maximum atomic E-state index is 12.5. The fourth-order valence-corrected chi connectivity index (χ4v) is 4.14. The largest absolute Gasteiger partial charge is 0.383 e. The third-order valence-corrected chi connectivity index (χ3v) is 5.96. The van der Waals surface area contributed by atoms with E-state index in [4.69, 9.17) is 4.74 Å².